The average Bonchev–Trinajstić information content (AvgIpc) is 3.30. The van der Waals surface area contributed by atoms with Crippen LogP contribution in [-0.2, 0) is 9.47 Å². The maximum absolute atomic E-state index is 5.70. The molecule has 174 valence electrons. The highest BCUT2D eigenvalue weighted by Gasteiger charge is 2.29. The van der Waals surface area contributed by atoms with Crippen molar-refractivity contribution in [1.82, 2.24) is 0 Å². The Balaban J connectivity index is 1.70. The molecule has 33 heavy (non-hydrogen) atoms. The third-order valence-electron chi connectivity index (χ3n) is 6.22. The van der Waals surface area contributed by atoms with Gasteiger partial charge in [0, 0.05) is 31.7 Å². The van der Waals surface area contributed by atoms with E-state index in [-0.39, 0.29) is 0 Å². The van der Waals surface area contributed by atoms with E-state index in [0.717, 1.165) is 64.1 Å². The Morgan fingerprint density at radius 1 is 0.667 bits per heavy atom. The van der Waals surface area contributed by atoms with Gasteiger partial charge in [-0.2, -0.15) is 0 Å². The van der Waals surface area contributed by atoms with Crippen molar-refractivity contribution in [2.45, 2.75) is 0 Å². The van der Waals surface area contributed by atoms with Gasteiger partial charge in [0.25, 0.3) is 0 Å². The molecule has 3 heterocycles. The zero-order chi connectivity index (χ0) is 22.6. The van der Waals surface area contributed by atoms with E-state index in [1.54, 1.807) is 14.2 Å². The molecule has 7 heteroatoms. The number of methoxy groups -OCH3 is 2. The summed E-state index contributed by atoms with van der Waals surface area (Å²) in [4.78, 5) is 6.25. The first-order valence-electron chi connectivity index (χ1n) is 11.4. The van der Waals surface area contributed by atoms with E-state index in [4.69, 9.17) is 18.9 Å². The van der Waals surface area contributed by atoms with E-state index >= 15 is 0 Å². The maximum atomic E-state index is 5.70. The number of hydrogen-bond acceptors (Lipinski definition) is 7. The van der Waals surface area contributed by atoms with Crippen LogP contribution in [0.1, 0.15) is 0 Å². The maximum Gasteiger partial charge on any atom is 0.118 e. The second-order valence-electron chi connectivity index (χ2n) is 8.12. The van der Waals surface area contributed by atoms with Crippen LogP contribution < -0.4 is 19.3 Å². The van der Waals surface area contributed by atoms with E-state index in [1.807, 2.05) is 35.6 Å². The summed E-state index contributed by atoms with van der Waals surface area (Å²) >= 11 is 1.87. The minimum Gasteiger partial charge on any atom is -0.497 e. The van der Waals surface area contributed by atoms with Gasteiger partial charge in [0.15, 0.2) is 0 Å². The van der Waals surface area contributed by atoms with Gasteiger partial charge in [0.05, 0.1) is 51.2 Å². The molecule has 6 nitrogen and oxygen atoms in total. The molecule has 2 fully saturated rings. The number of ether oxygens (including phenoxy) is 4. The lowest BCUT2D eigenvalue weighted by molar-refractivity contribution is 0.122. The molecule has 5 rings (SSSR count). The standard InChI is InChI=1S/C26H30N2O4S/c1-29-21-7-3-19(4-8-21)23-24(27-11-15-31-16-12-27)25(20-5-9-22(30-2)10-6-20)33-26(23)28-13-17-32-18-14-28/h3-10H,11-18H2,1-2H3. The van der Waals surface area contributed by atoms with Crippen molar-refractivity contribution in [1.29, 1.82) is 0 Å². The van der Waals surface area contributed by atoms with Gasteiger partial charge in [-0.15, -0.1) is 11.3 Å². The topological polar surface area (TPSA) is 43.4 Å². The number of anilines is 2. The minimum atomic E-state index is 0.743. The van der Waals surface area contributed by atoms with Crippen molar-refractivity contribution in [3.05, 3.63) is 48.5 Å². The minimum absolute atomic E-state index is 0.743. The normalized spacial score (nSPS) is 16.7. The lowest BCUT2D eigenvalue weighted by Crippen LogP contribution is -2.37. The van der Waals surface area contributed by atoms with Crippen LogP contribution in [0.4, 0.5) is 10.7 Å². The number of thiophene rings is 1. The second-order valence-corrected chi connectivity index (χ2v) is 9.11. The van der Waals surface area contributed by atoms with E-state index in [2.05, 4.69) is 34.1 Å². The zero-order valence-corrected chi connectivity index (χ0v) is 20.0. The highest BCUT2D eigenvalue weighted by atomic mass is 32.1. The largest absolute Gasteiger partial charge is 0.497 e. The molecule has 0 radical (unpaired) electrons. The molecule has 0 N–H and O–H groups in total. The Labute approximate surface area is 199 Å². The molecule has 0 aliphatic carbocycles. The molecular formula is C26H30N2O4S. The van der Waals surface area contributed by atoms with Gasteiger partial charge in [-0.3, -0.25) is 0 Å². The summed E-state index contributed by atoms with van der Waals surface area (Å²) in [7, 11) is 3.41. The monoisotopic (exact) mass is 466 g/mol. The van der Waals surface area contributed by atoms with Crippen molar-refractivity contribution in [3.8, 4) is 33.1 Å². The molecule has 3 aromatic rings. The SMILES string of the molecule is COc1ccc(-c2sc(N3CCOCC3)c(-c3ccc(OC)cc3)c2N2CCOCC2)cc1. The molecule has 0 atom stereocenters. The molecular weight excluding hydrogens is 436 g/mol. The van der Waals surface area contributed by atoms with Crippen molar-refractivity contribution in [3.63, 3.8) is 0 Å². The Morgan fingerprint density at radius 3 is 1.67 bits per heavy atom. The quantitative estimate of drug-likeness (QED) is 0.521. The molecule has 2 aliphatic rings. The van der Waals surface area contributed by atoms with Gasteiger partial charge in [-0.1, -0.05) is 12.1 Å². The van der Waals surface area contributed by atoms with Crippen LogP contribution in [0.2, 0.25) is 0 Å². The Hall–Kier alpha value is -2.74. The molecule has 0 unspecified atom stereocenters. The zero-order valence-electron chi connectivity index (χ0n) is 19.2. The molecule has 0 amide bonds. The highest BCUT2D eigenvalue weighted by Crippen LogP contribution is 2.53. The fourth-order valence-corrected chi connectivity index (χ4v) is 5.85. The van der Waals surface area contributed by atoms with Crippen LogP contribution in [0.3, 0.4) is 0 Å². The molecule has 0 saturated carbocycles. The van der Waals surface area contributed by atoms with Gasteiger partial charge in [0.1, 0.15) is 16.5 Å². The summed E-state index contributed by atoms with van der Waals surface area (Å²) in [5, 5.41) is 1.30. The molecule has 2 saturated heterocycles. The third-order valence-corrected chi connectivity index (χ3v) is 7.51. The van der Waals surface area contributed by atoms with Crippen molar-refractivity contribution >= 4 is 22.0 Å². The fourth-order valence-electron chi connectivity index (χ4n) is 4.44. The predicted octanol–water partition coefficient (Wildman–Crippen LogP) is 4.77. The van der Waals surface area contributed by atoms with Crippen LogP contribution in [0.15, 0.2) is 48.5 Å². The molecule has 1 aromatic heterocycles. The smallest absolute Gasteiger partial charge is 0.118 e. The number of benzene rings is 2. The average molecular weight is 467 g/mol. The number of hydrogen-bond donors (Lipinski definition) is 0. The summed E-state index contributed by atoms with van der Waals surface area (Å²) in [6.45, 7) is 6.55. The molecule has 0 spiro atoms. The third kappa shape index (κ3) is 4.53. The van der Waals surface area contributed by atoms with Gasteiger partial charge in [-0.25, -0.2) is 0 Å². The summed E-state index contributed by atoms with van der Waals surface area (Å²) in [5.74, 6) is 1.73. The summed E-state index contributed by atoms with van der Waals surface area (Å²) < 4.78 is 22.2. The highest BCUT2D eigenvalue weighted by molar-refractivity contribution is 7.21. The van der Waals surface area contributed by atoms with Gasteiger partial charge < -0.3 is 28.7 Å². The van der Waals surface area contributed by atoms with Crippen LogP contribution >= 0.6 is 11.3 Å². The number of rotatable bonds is 6. The van der Waals surface area contributed by atoms with Crippen molar-refractivity contribution in [2.75, 3.05) is 76.6 Å². The second kappa shape index (κ2) is 10.0. The lowest BCUT2D eigenvalue weighted by atomic mass is 10.0. The van der Waals surface area contributed by atoms with Crippen LogP contribution in [0.25, 0.3) is 21.6 Å². The first-order chi connectivity index (χ1) is 16.3. The van der Waals surface area contributed by atoms with Crippen LogP contribution in [0.5, 0.6) is 11.5 Å². The molecule has 2 aromatic carbocycles. The van der Waals surface area contributed by atoms with E-state index in [9.17, 15) is 0 Å². The van der Waals surface area contributed by atoms with E-state index < -0.39 is 0 Å². The number of morpholine rings is 2. The first kappa shape index (κ1) is 22.1. The Kier molecular flexibility index (Phi) is 6.71. The lowest BCUT2D eigenvalue weighted by Gasteiger charge is -2.32. The van der Waals surface area contributed by atoms with Gasteiger partial charge in [-0.05, 0) is 47.5 Å². The summed E-state index contributed by atoms with van der Waals surface area (Å²) in [6, 6.07) is 16.8. The van der Waals surface area contributed by atoms with Gasteiger partial charge >= 0.3 is 0 Å². The first-order valence-corrected chi connectivity index (χ1v) is 12.2. The molecule has 2 aliphatic heterocycles. The van der Waals surface area contributed by atoms with Crippen molar-refractivity contribution in [2.24, 2.45) is 0 Å². The van der Waals surface area contributed by atoms with E-state index in [1.165, 1.54) is 32.3 Å². The Bertz CT molecular complexity index is 1050. The van der Waals surface area contributed by atoms with Crippen LogP contribution in [0, 0.1) is 0 Å². The van der Waals surface area contributed by atoms with Crippen LogP contribution in [-0.4, -0.2) is 66.8 Å². The number of nitrogens with zero attached hydrogens (tertiary/aromatic N) is 2. The summed E-state index contributed by atoms with van der Waals surface area (Å²) in [5.41, 5.74) is 4.99. The van der Waals surface area contributed by atoms with E-state index in [0.29, 0.717) is 0 Å². The predicted molar refractivity (Wildman–Crippen MR) is 134 cm³/mol. The molecule has 0 bridgehead atoms. The van der Waals surface area contributed by atoms with Gasteiger partial charge in [0.2, 0.25) is 0 Å². The fraction of sp³-hybridized carbons (Fsp3) is 0.385. The summed E-state index contributed by atoms with van der Waals surface area (Å²) in [6.07, 6.45) is 0. The van der Waals surface area contributed by atoms with Crippen molar-refractivity contribution < 1.29 is 18.9 Å². The Morgan fingerprint density at radius 2 is 1.15 bits per heavy atom.